The van der Waals surface area contributed by atoms with E-state index in [1.54, 1.807) is 0 Å². The number of hydrogen-bond acceptors (Lipinski definition) is 4. The molecule has 0 aliphatic carbocycles. The molecule has 0 saturated heterocycles. The van der Waals surface area contributed by atoms with E-state index in [9.17, 15) is 14.7 Å². The second-order valence-electron chi connectivity index (χ2n) is 2.75. The molecule has 0 spiro atoms. The molecule has 0 aliphatic heterocycles. The van der Waals surface area contributed by atoms with Crippen molar-refractivity contribution in [1.82, 2.24) is 0 Å². The standard InChI is InChI=1S/C9H9NO4/c10-8(9(13)14)5-1-2-6(4-11)7(12)3-5/h1-4,8,12H,10H2,(H,13,14)/t8-/m1/s1. The van der Waals surface area contributed by atoms with Crippen molar-refractivity contribution >= 4 is 12.3 Å². The molecule has 0 saturated carbocycles. The molecule has 5 heteroatoms. The van der Waals surface area contributed by atoms with Crippen LogP contribution >= 0.6 is 0 Å². The van der Waals surface area contributed by atoms with E-state index in [0.29, 0.717) is 6.29 Å². The minimum Gasteiger partial charge on any atom is -0.507 e. The maximum absolute atomic E-state index is 10.5. The van der Waals surface area contributed by atoms with Crippen LogP contribution in [0.4, 0.5) is 0 Å². The van der Waals surface area contributed by atoms with Crippen LogP contribution in [-0.2, 0) is 4.79 Å². The summed E-state index contributed by atoms with van der Waals surface area (Å²) < 4.78 is 0. The first-order chi connectivity index (χ1) is 6.56. The summed E-state index contributed by atoms with van der Waals surface area (Å²) >= 11 is 0. The number of nitrogens with two attached hydrogens (primary N) is 1. The van der Waals surface area contributed by atoms with Gasteiger partial charge in [-0.15, -0.1) is 0 Å². The van der Waals surface area contributed by atoms with E-state index >= 15 is 0 Å². The van der Waals surface area contributed by atoms with Crippen LogP contribution < -0.4 is 5.73 Å². The molecular weight excluding hydrogens is 186 g/mol. The monoisotopic (exact) mass is 195 g/mol. The van der Waals surface area contributed by atoms with Gasteiger partial charge in [-0.3, -0.25) is 9.59 Å². The van der Waals surface area contributed by atoms with E-state index in [2.05, 4.69) is 0 Å². The van der Waals surface area contributed by atoms with Crippen molar-refractivity contribution in [2.45, 2.75) is 6.04 Å². The number of benzene rings is 1. The third-order valence-electron chi connectivity index (χ3n) is 1.81. The number of carbonyl (C=O) groups excluding carboxylic acids is 1. The first kappa shape index (κ1) is 10.2. The van der Waals surface area contributed by atoms with Crippen molar-refractivity contribution in [1.29, 1.82) is 0 Å². The Morgan fingerprint density at radius 3 is 2.57 bits per heavy atom. The number of phenolic OH excluding ortho intramolecular Hbond substituents is 1. The highest BCUT2D eigenvalue weighted by atomic mass is 16.4. The average molecular weight is 195 g/mol. The van der Waals surface area contributed by atoms with Crippen LogP contribution in [0.1, 0.15) is 22.0 Å². The van der Waals surface area contributed by atoms with Gasteiger partial charge in [0.15, 0.2) is 6.29 Å². The molecule has 0 heterocycles. The van der Waals surface area contributed by atoms with Crippen molar-refractivity contribution in [3.63, 3.8) is 0 Å². The Hall–Kier alpha value is -1.88. The molecule has 4 N–H and O–H groups in total. The number of rotatable bonds is 3. The van der Waals surface area contributed by atoms with Gasteiger partial charge in [-0.1, -0.05) is 6.07 Å². The zero-order valence-corrected chi connectivity index (χ0v) is 7.18. The molecule has 0 radical (unpaired) electrons. The lowest BCUT2D eigenvalue weighted by Gasteiger charge is -2.07. The van der Waals surface area contributed by atoms with Crippen LogP contribution in [0.2, 0.25) is 0 Å². The Balaban J connectivity index is 3.08. The molecule has 0 aliphatic rings. The molecule has 14 heavy (non-hydrogen) atoms. The molecule has 0 amide bonds. The normalized spacial score (nSPS) is 12.1. The SMILES string of the molecule is N[C@@H](C(=O)O)c1ccc(C=O)c(O)c1. The lowest BCUT2D eigenvalue weighted by atomic mass is 10.1. The molecule has 0 unspecified atom stereocenters. The van der Waals surface area contributed by atoms with Gasteiger partial charge in [0, 0.05) is 0 Å². The van der Waals surface area contributed by atoms with Crippen LogP contribution in [0.3, 0.4) is 0 Å². The maximum atomic E-state index is 10.5. The quantitative estimate of drug-likeness (QED) is 0.602. The Labute approximate surface area is 79.8 Å². The molecule has 1 aromatic carbocycles. The van der Waals surface area contributed by atoms with Gasteiger partial charge in [-0.2, -0.15) is 0 Å². The van der Waals surface area contributed by atoms with Crippen molar-refractivity contribution in [3.05, 3.63) is 29.3 Å². The highest BCUT2D eigenvalue weighted by Crippen LogP contribution is 2.20. The zero-order chi connectivity index (χ0) is 10.7. The fourth-order valence-electron chi connectivity index (χ4n) is 0.996. The van der Waals surface area contributed by atoms with E-state index in [4.69, 9.17) is 10.8 Å². The zero-order valence-electron chi connectivity index (χ0n) is 7.18. The van der Waals surface area contributed by atoms with Gasteiger partial charge in [0.25, 0.3) is 0 Å². The second kappa shape index (κ2) is 3.89. The summed E-state index contributed by atoms with van der Waals surface area (Å²) in [6.45, 7) is 0. The number of carboxylic acids is 1. The summed E-state index contributed by atoms with van der Waals surface area (Å²) in [4.78, 5) is 20.8. The van der Waals surface area contributed by atoms with Crippen molar-refractivity contribution in [3.8, 4) is 5.75 Å². The Bertz CT molecular complexity index is 375. The van der Waals surface area contributed by atoms with Crippen LogP contribution in [0.5, 0.6) is 5.75 Å². The largest absolute Gasteiger partial charge is 0.507 e. The van der Waals surface area contributed by atoms with E-state index in [1.165, 1.54) is 18.2 Å². The molecule has 0 aromatic heterocycles. The third-order valence-corrected chi connectivity index (χ3v) is 1.81. The predicted octanol–water partition coefficient (Wildman–Crippen LogP) is 0.289. The number of carboxylic acid groups (broad SMARTS) is 1. The van der Waals surface area contributed by atoms with E-state index in [1.807, 2.05) is 0 Å². The fraction of sp³-hybridized carbons (Fsp3) is 0.111. The Morgan fingerprint density at radius 2 is 2.14 bits per heavy atom. The summed E-state index contributed by atoms with van der Waals surface area (Å²) in [5.74, 6) is -1.46. The minimum atomic E-state index is -1.19. The number of aromatic hydroxyl groups is 1. The van der Waals surface area contributed by atoms with Crippen molar-refractivity contribution in [2.75, 3.05) is 0 Å². The first-order valence-corrected chi connectivity index (χ1v) is 3.82. The second-order valence-corrected chi connectivity index (χ2v) is 2.75. The molecule has 74 valence electrons. The lowest BCUT2D eigenvalue weighted by Crippen LogP contribution is -2.20. The maximum Gasteiger partial charge on any atom is 0.325 e. The van der Waals surface area contributed by atoms with Crippen LogP contribution in [-0.4, -0.2) is 22.5 Å². The third kappa shape index (κ3) is 1.89. The first-order valence-electron chi connectivity index (χ1n) is 3.82. The Morgan fingerprint density at radius 1 is 1.50 bits per heavy atom. The van der Waals surface area contributed by atoms with Crippen molar-refractivity contribution < 1.29 is 19.8 Å². The lowest BCUT2D eigenvalue weighted by molar-refractivity contribution is -0.138. The van der Waals surface area contributed by atoms with Gasteiger partial charge in [-0.05, 0) is 17.7 Å². The fourth-order valence-corrected chi connectivity index (χ4v) is 0.996. The number of aliphatic carboxylic acids is 1. The number of hydrogen-bond donors (Lipinski definition) is 3. The van der Waals surface area contributed by atoms with Gasteiger partial charge in [0.1, 0.15) is 11.8 Å². The van der Waals surface area contributed by atoms with Gasteiger partial charge < -0.3 is 15.9 Å². The molecule has 5 nitrogen and oxygen atoms in total. The number of carbonyl (C=O) groups is 2. The number of aldehydes is 1. The summed E-state index contributed by atoms with van der Waals surface area (Å²) in [5.41, 5.74) is 5.65. The minimum absolute atomic E-state index is 0.103. The summed E-state index contributed by atoms with van der Waals surface area (Å²) in [5, 5.41) is 17.8. The molecule has 1 aromatic rings. The van der Waals surface area contributed by atoms with Crippen LogP contribution in [0.15, 0.2) is 18.2 Å². The van der Waals surface area contributed by atoms with E-state index < -0.39 is 12.0 Å². The average Bonchev–Trinajstić information content (AvgIpc) is 2.16. The summed E-state index contributed by atoms with van der Waals surface area (Å²) in [7, 11) is 0. The van der Waals surface area contributed by atoms with Crippen LogP contribution in [0, 0.1) is 0 Å². The number of phenols is 1. The highest BCUT2D eigenvalue weighted by Gasteiger charge is 2.15. The van der Waals surface area contributed by atoms with Gasteiger partial charge >= 0.3 is 5.97 Å². The molecule has 1 rings (SSSR count). The predicted molar refractivity (Wildman–Crippen MR) is 48.1 cm³/mol. The topological polar surface area (TPSA) is 101 Å². The summed E-state index contributed by atoms with van der Waals surface area (Å²) in [6, 6.07) is 2.69. The summed E-state index contributed by atoms with van der Waals surface area (Å²) in [6.07, 6.45) is 0.478. The van der Waals surface area contributed by atoms with E-state index in [0.717, 1.165) is 0 Å². The van der Waals surface area contributed by atoms with Gasteiger partial charge in [-0.25, -0.2) is 0 Å². The van der Waals surface area contributed by atoms with Crippen LogP contribution in [0.25, 0.3) is 0 Å². The smallest absolute Gasteiger partial charge is 0.325 e. The Kier molecular flexibility index (Phi) is 2.83. The van der Waals surface area contributed by atoms with Gasteiger partial charge in [0.05, 0.1) is 5.56 Å². The molecule has 1 atom stereocenters. The molecule has 0 fully saturated rings. The van der Waals surface area contributed by atoms with Gasteiger partial charge in [0.2, 0.25) is 0 Å². The molecular formula is C9H9NO4. The highest BCUT2D eigenvalue weighted by molar-refractivity contribution is 5.80. The van der Waals surface area contributed by atoms with E-state index in [-0.39, 0.29) is 16.9 Å². The molecule has 0 bridgehead atoms. The van der Waals surface area contributed by atoms with Crippen molar-refractivity contribution in [2.24, 2.45) is 5.73 Å².